The first-order valence-corrected chi connectivity index (χ1v) is 4.64. The van der Waals surface area contributed by atoms with E-state index in [0.717, 1.165) is 0 Å². The van der Waals surface area contributed by atoms with E-state index in [2.05, 4.69) is 15.1 Å². The lowest BCUT2D eigenvalue weighted by Crippen LogP contribution is -2.33. The molecule has 0 radical (unpaired) electrons. The van der Waals surface area contributed by atoms with Gasteiger partial charge in [0, 0.05) is 13.0 Å². The van der Waals surface area contributed by atoms with Crippen LogP contribution in [-0.2, 0) is 4.79 Å². The van der Waals surface area contributed by atoms with Crippen molar-refractivity contribution in [3.63, 3.8) is 0 Å². The van der Waals surface area contributed by atoms with Crippen molar-refractivity contribution in [2.24, 2.45) is 0 Å². The number of aromatic nitrogens is 2. The molecule has 0 aliphatic rings. The zero-order chi connectivity index (χ0) is 11.5. The number of hydrogen-bond donors (Lipinski definition) is 2. The minimum Gasteiger partial charge on any atom is -0.321 e. The molecular weight excluding hydrogens is 210 g/mol. The highest BCUT2D eigenvalue weighted by Crippen LogP contribution is 2.13. The lowest BCUT2D eigenvalue weighted by Gasteiger charge is -2.01. The van der Waals surface area contributed by atoms with Crippen LogP contribution in [0, 0.1) is 0 Å². The highest BCUT2D eigenvalue weighted by Gasteiger charge is 2.15. The summed E-state index contributed by atoms with van der Waals surface area (Å²) < 4.78 is 5.95. The van der Waals surface area contributed by atoms with Crippen molar-refractivity contribution in [2.45, 2.75) is 6.92 Å². The molecule has 0 aliphatic heterocycles. The Morgan fingerprint density at radius 3 is 2.81 bits per heavy atom. The number of carbonyl (C=O) groups excluding carboxylic acids is 1. The van der Waals surface area contributed by atoms with Crippen LogP contribution in [0.2, 0.25) is 0 Å². The average molecular weight is 220 g/mol. The van der Waals surface area contributed by atoms with E-state index in [1.165, 1.54) is 17.8 Å². The first kappa shape index (κ1) is 10.2. The Hall–Kier alpha value is -2.37. The van der Waals surface area contributed by atoms with Crippen molar-refractivity contribution in [3.05, 3.63) is 40.9 Å². The Labute approximate surface area is 90.5 Å². The number of carbonyl (C=O) groups is 1. The van der Waals surface area contributed by atoms with Gasteiger partial charge < -0.3 is 5.32 Å². The van der Waals surface area contributed by atoms with E-state index in [4.69, 9.17) is 0 Å². The SMILES string of the molecule is CC(=O)Nc1ccccc1-[n+]1cc(=O)o[nH]1. The molecule has 16 heavy (non-hydrogen) atoms. The molecule has 1 heterocycles. The van der Waals surface area contributed by atoms with Gasteiger partial charge in [-0.15, -0.1) is 0 Å². The fraction of sp³-hybridized carbons (Fsp3) is 0.100. The minimum absolute atomic E-state index is 0.182. The highest BCUT2D eigenvalue weighted by molar-refractivity contribution is 5.90. The van der Waals surface area contributed by atoms with Crippen molar-refractivity contribution >= 4 is 11.6 Å². The van der Waals surface area contributed by atoms with E-state index in [9.17, 15) is 9.59 Å². The van der Waals surface area contributed by atoms with Gasteiger partial charge in [-0.2, -0.15) is 0 Å². The molecule has 82 valence electrons. The number of benzene rings is 1. The number of nitrogens with one attached hydrogen (secondary N) is 2. The summed E-state index contributed by atoms with van der Waals surface area (Å²) in [5.41, 5.74) is 0.734. The molecular formula is C10H10N3O3+. The van der Waals surface area contributed by atoms with Gasteiger partial charge in [0.15, 0.2) is 0 Å². The topological polar surface area (TPSA) is 79.0 Å². The molecule has 2 N–H and O–H groups in total. The van der Waals surface area contributed by atoms with Crippen LogP contribution in [0.25, 0.3) is 5.69 Å². The van der Waals surface area contributed by atoms with E-state index >= 15 is 0 Å². The molecule has 0 spiro atoms. The molecule has 2 aromatic rings. The van der Waals surface area contributed by atoms with Crippen LogP contribution in [0.1, 0.15) is 6.92 Å². The van der Waals surface area contributed by atoms with Crippen LogP contribution >= 0.6 is 0 Å². The predicted molar refractivity (Wildman–Crippen MR) is 55.2 cm³/mol. The van der Waals surface area contributed by atoms with Gasteiger partial charge in [-0.3, -0.25) is 9.32 Å². The van der Waals surface area contributed by atoms with E-state index in [1.807, 2.05) is 0 Å². The van der Waals surface area contributed by atoms with Gasteiger partial charge in [-0.05, 0) is 16.0 Å². The zero-order valence-corrected chi connectivity index (χ0v) is 8.56. The Balaban J connectivity index is 2.47. The molecule has 0 saturated carbocycles. The second kappa shape index (κ2) is 4.01. The number of nitrogens with zero attached hydrogens (tertiary/aromatic N) is 1. The van der Waals surface area contributed by atoms with Crippen molar-refractivity contribution < 1.29 is 14.0 Å². The molecule has 1 aromatic heterocycles. The maximum absolute atomic E-state index is 11.0. The third-order valence-electron chi connectivity index (χ3n) is 1.95. The Morgan fingerprint density at radius 2 is 2.19 bits per heavy atom. The normalized spacial score (nSPS) is 10.1. The molecule has 1 aromatic carbocycles. The summed E-state index contributed by atoms with van der Waals surface area (Å²) in [7, 11) is 0. The van der Waals surface area contributed by atoms with Gasteiger partial charge in [0.2, 0.25) is 5.91 Å². The number of H-pyrrole nitrogens is 1. The second-order valence-electron chi connectivity index (χ2n) is 3.21. The molecule has 0 aliphatic carbocycles. The number of amides is 1. The van der Waals surface area contributed by atoms with Crippen LogP contribution in [0.5, 0.6) is 0 Å². The van der Waals surface area contributed by atoms with Crippen molar-refractivity contribution in [3.8, 4) is 5.69 Å². The minimum atomic E-state index is -0.488. The third-order valence-corrected chi connectivity index (χ3v) is 1.95. The van der Waals surface area contributed by atoms with E-state index in [-0.39, 0.29) is 5.91 Å². The zero-order valence-electron chi connectivity index (χ0n) is 8.56. The first-order valence-electron chi connectivity index (χ1n) is 4.64. The summed E-state index contributed by atoms with van der Waals surface area (Å²) in [6.07, 6.45) is 1.25. The second-order valence-corrected chi connectivity index (χ2v) is 3.21. The van der Waals surface area contributed by atoms with Crippen molar-refractivity contribution in [2.75, 3.05) is 5.32 Å². The molecule has 0 saturated heterocycles. The van der Waals surface area contributed by atoms with Crippen LogP contribution in [0.4, 0.5) is 5.69 Å². The summed E-state index contributed by atoms with van der Waals surface area (Å²) in [5, 5.41) is 5.07. The van der Waals surface area contributed by atoms with Crippen molar-refractivity contribution in [1.29, 1.82) is 0 Å². The van der Waals surface area contributed by atoms with E-state index in [1.54, 1.807) is 24.3 Å². The fourth-order valence-corrected chi connectivity index (χ4v) is 1.35. The number of anilines is 1. The van der Waals surface area contributed by atoms with Gasteiger partial charge in [0.1, 0.15) is 5.69 Å². The lowest BCUT2D eigenvalue weighted by atomic mass is 10.2. The van der Waals surface area contributed by atoms with Crippen LogP contribution in [-0.4, -0.2) is 11.2 Å². The summed E-state index contributed by atoms with van der Waals surface area (Å²) >= 11 is 0. The molecule has 0 bridgehead atoms. The van der Waals surface area contributed by atoms with Gasteiger partial charge >= 0.3 is 5.63 Å². The van der Waals surface area contributed by atoms with E-state index < -0.39 is 5.63 Å². The van der Waals surface area contributed by atoms with E-state index in [0.29, 0.717) is 11.4 Å². The molecule has 0 unspecified atom stereocenters. The number of aromatic amines is 1. The molecule has 0 atom stereocenters. The van der Waals surface area contributed by atoms with Gasteiger partial charge in [-0.25, -0.2) is 4.79 Å². The predicted octanol–water partition coefficient (Wildman–Crippen LogP) is 0.203. The standard InChI is InChI=1S/C10H9N3O3/c1-7(14)11-8-4-2-3-5-9(8)13-6-10(15)16-12-13/h2-6H,1H3,(H-,11,12,14,15)/p+1. The summed E-state index contributed by atoms with van der Waals surface area (Å²) in [6, 6.07) is 7.05. The molecule has 1 amide bonds. The maximum Gasteiger partial charge on any atom is 0.427 e. The van der Waals surface area contributed by atoms with Gasteiger partial charge in [0.05, 0.1) is 0 Å². The van der Waals surface area contributed by atoms with Crippen LogP contribution in [0.3, 0.4) is 0 Å². The quantitative estimate of drug-likeness (QED) is 0.710. The smallest absolute Gasteiger partial charge is 0.321 e. The van der Waals surface area contributed by atoms with Crippen molar-refractivity contribution in [1.82, 2.24) is 5.27 Å². The number of hydrogen-bond acceptors (Lipinski definition) is 3. The molecule has 6 nitrogen and oxygen atoms in total. The average Bonchev–Trinajstić information content (AvgIpc) is 2.65. The number of rotatable bonds is 2. The highest BCUT2D eigenvalue weighted by atomic mass is 16.5. The third kappa shape index (κ3) is 2.00. The molecule has 2 rings (SSSR count). The van der Waals surface area contributed by atoms with Crippen LogP contribution < -0.4 is 15.6 Å². The first-order chi connectivity index (χ1) is 7.66. The number of para-hydroxylation sites is 2. The molecule has 0 fully saturated rings. The molecule has 6 heteroatoms. The fourth-order valence-electron chi connectivity index (χ4n) is 1.35. The summed E-state index contributed by atoms with van der Waals surface area (Å²) in [5.74, 6) is -0.182. The Morgan fingerprint density at radius 1 is 1.44 bits per heavy atom. The van der Waals surface area contributed by atoms with Gasteiger partial charge in [0.25, 0.3) is 11.9 Å². The Bertz CT molecular complexity index is 570. The summed E-state index contributed by atoms with van der Waals surface area (Å²) in [4.78, 5) is 21.9. The largest absolute Gasteiger partial charge is 0.427 e. The summed E-state index contributed by atoms with van der Waals surface area (Å²) in [6.45, 7) is 1.42. The monoisotopic (exact) mass is 220 g/mol. The van der Waals surface area contributed by atoms with Gasteiger partial charge in [-0.1, -0.05) is 12.1 Å². The lowest BCUT2D eigenvalue weighted by molar-refractivity contribution is -0.669. The Kier molecular flexibility index (Phi) is 2.55. The van der Waals surface area contributed by atoms with Crippen LogP contribution in [0.15, 0.2) is 39.8 Å². The maximum atomic E-state index is 11.0.